The molecule has 2 rings (SSSR count). The van der Waals surface area contributed by atoms with Crippen molar-refractivity contribution in [3.8, 4) is 6.07 Å². The maximum absolute atomic E-state index is 8.94. The Hall–Kier alpha value is -0.380. The Bertz CT molecular complexity index is 598. The van der Waals surface area contributed by atoms with E-state index in [-0.39, 0.29) is 0 Å². The van der Waals surface area contributed by atoms with E-state index in [2.05, 4.69) is 47.5 Å². The highest BCUT2D eigenvalue weighted by Crippen LogP contribution is 2.40. The summed E-state index contributed by atoms with van der Waals surface area (Å²) in [5.74, 6) is 0.383. The zero-order valence-corrected chi connectivity index (χ0v) is 12.4. The van der Waals surface area contributed by atoms with E-state index in [1.54, 1.807) is 17.5 Å². The van der Waals surface area contributed by atoms with Gasteiger partial charge in [-0.2, -0.15) is 5.26 Å². The first-order chi connectivity index (χ1) is 7.56. The number of fused-ring (bicyclic) bond motifs is 1. The quantitative estimate of drug-likeness (QED) is 0.698. The third-order valence-electron chi connectivity index (χ3n) is 2.35. The van der Waals surface area contributed by atoms with E-state index in [1.807, 2.05) is 0 Å². The van der Waals surface area contributed by atoms with Crippen molar-refractivity contribution >= 4 is 55.7 Å². The van der Waals surface area contributed by atoms with Crippen LogP contribution in [0, 0.1) is 14.2 Å². The van der Waals surface area contributed by atoms with Gasteiger partial charge in [0, 0.05) is 11.6 Å². The number of nitriles is 1. The van der Waals surface area contributed by atoms with Gasteiger partial charge >= 0.3 is 0 Å². The van der Waals surface area contributed by atoms with Crippen molar-refractivity contribution in [2.75, 3.05) is 0 Å². The van der Waals surface area contributed by atoms with Crippen molar-refractivity contribution < 1.29 is 0 Å². The van der Waals surface area contributed by atoms with E-state index in [0.717, 1.165) is 10.2 Å². The molecule has 0 aromatic carbocycles. The monoisotopic (exact) mass is 362 g/mol. The van der Waals surface area contributed by atoms with E-state index in [4.69, 9.17) is 16.9 Å². The Morgan fingerprint density at radius 1 is 1.56 bits per heavy atom. The highest BCUT2D eigenvalue weighted by Gasteiger charge is 2.18. The second-order valence-electron chi connectivity index (χ2n) is 3.72. The average Bonchev–Trinajstić information content (AvgIpc) is 2.56. The maximum atomic E-state index is 8.94. The molecule has 0 saturated heterocycles. The van der Waals surface area contributed by atoms with Gasteiger partial charge in [-0.1, -0.05) is 25.4 Å². The van der Waals surface area contributed by atoms with Crippen LogP contribution in [0.25, 0.3) is 10.2 Å². The first kappa shape index (κ1) is 12.1. The molecule has 2 aromatic rings. The number of nitrogens with zero attached hydrogens (tertiary/aromatic N) is 2. The van der Waals surface area contributed by atoms with Crippen LogP contribution in [0.5, 0.6) is 0 Å². The predicted octanol–water partition coefficient (Wildman–Crippen LogP) is 4.55. The molecule has 0 N–H and O–H groups in total. The van der Waals surface area contributed by atoms with Crippen molar-refractivity contribution in [1.29, 1.82) is 5.26 Å². The number of hydrogen-bond acceptors (Lipinski definition) is 3. The summed E-state index contributed by atoms with van der Waals surface area (Å²) >= 11 is 10.2. The molecule has 0 spiro atoms. The van der Waals surface area contributed by atoms with Gasteiger partial charge in [-0.15, -0.1) is 11.3 Å². The largest absolute Gasteiger partial charge is 0.244 e. The molecule has 82 valence electrons. The lowest BCUT2D eigenvalue weighted by atomic mass is 10.0. The summed E-state index contributed by atoms with van der Waals surface area (Å²) in [6.07, 6.45) is 1.54. The van der Waals surface area contributed by atoms with Gasteiger partial charge in [0.1, 0.15) is 10.9 Å². The molecule has 16 heavy (non-hydrogen) atoms. The molecule has 0 atom stereocenters. The molecule has 5 heteroatoms. The Morgan fingerprint density at radius 3 is 2.81 bits per heavy atom. The van der Waals surface area contributed by atoms with Crippen molar-refractivity contribution in [1.82, 2.24) is 4.98 Å². The number of thiophene rings is 1. The topological polar surface area (TPSA) is 36.7 Å². The maximum Gasteiger partial charge on any atom is 0.126 e. The molecule has 0 saturated carbocycles. The van der Waals surface area contributed by atoms with Crippen LogP contribution >= 0.6 is 45.5 Å². The molecule has 0 aliphatic carbocycles. The lowest BCUT2D eigenvalue weighted by Crippen LogP contribution is -1.90. The lowest BCUT2D eigenvalue weighted by molar-refractivity contribution is 0.875. The van der Waals surface area contributed by atoms with Gasteiger partial charge in [0.05, 0.1) is 13.5 Å². The number of aromatic nitrogens is 1. The number of halogens is 2. The first-order valence-electron chi connectivity index (χ1n) is 4.72. The molecule has 2 nitrogen and oxygen atoms in total. The average molecular weight is 363 g/mol. The molecule has 0 unspecified atom stereocenters. The molecule has 2 aromatic heterocycles. The Morgan fingerprint density at radius 2 is 2.25 bits per heavy atom. The van der Waals surface area contributed by atoms with Gasteiger partial charge in [0.25, 0.3) is 0 Å². The molecular formula is C11H8ClIN2S. The van der Waals surface area contributed by atoms with Crippen LogP contribution in [0.15, 0.2) is 6.20 Å². The summed E-state index contributed by atoms with van der Waals surface area (Å²) in [7, 11) is 0. The molecule has 0 aliphatic heterocycles. The van der Waals surface area contributed by atoms with Crippen molar-refractivity contribution in [2.24, 2.45) is 0 Å². The van der Waals surface area contributed by atoms with Gasteiger partial charge < -0.3 is 0 Å². The second kappa shape index (κ2) is 4.47. The number of rotatable bonds is 1. The Kier molecular flexibility index (Phi) is 3.38. The van der Waals surface area contributed by atoms with Gasteiger partial charge in [0.15, 0.2) is 0 Å². The van der Waals surface area contributed by atoms with E-state index in [0.29, 0.717) is 16.5 Å². The fourth-order valence-electron chi connectivity index (χ4n) is 1.62. The van der Waals surface area contributed by atoms with Crippen LogP contribution < -0.4 is 0 Å². The van der Waals surface area contributed by atoms with Gasteiger partial charge in [0.2, 0.25) is 0 Å². The fourth-order valence-corrected chi connectivity index (χ4v) is 4.51. The molecular weight excluding hydrogens is 355 g/mol. The second-order valence-corrected chi connectivity index (χ2v) is 6.91. The first-order valence-corrected chi connectivity index (χ1v) is 7.00. The summed E-state index contributed by atoms with van der Waals surface area (Å²) in [4.78, 5) is 5.20. The van der Waals surface area contributed by atoms with Crippen LogP contribution in [-0.4, -0.2) is 4.98 Å². The van der Waals surface area contributed by atoms with Crippen LogP contribution in [0.2, 0.25) is 5.02 Å². The lowest BCUT2D eigenvalue weighted by Gasteiger charge is -2.05. The SMILES string of the molecule is CC(C)c1c(I)sc2ncc(C#N)c(Cl)c12. The normalized spacial score (nSPS) is 11.0. The minimum Gasteiger partial charge on any atom is -0.244 e. The standard InChI is InChI=1S/C11H8ClIN2S/c1-5(2)7-8-9(12)6(3-14)4-15-11(8)16-10(7)13/h4-5H,1-2H3. The van der Waals surface area contributed by atoms with E-state index in [1.165, 1.54) is 8.45 Å². The molecule has 0 radical (unpaired) electrons. The van der Waals surface area contributed by atoms with Crippen LogP contribution in [0.1, 0.15) is 30.9 Å². The van der Waals surface area contributed by atoms with Gasteiger partial charge in [-0.25, -0.2) is 4.98 Å². The highest BCUT2D eigenvalue weighted by molar-refractivity contribution is 14.1. The molecule has 0 bridgehead atoms. The number of pyridine rings is 1. The summed E-state index contributed by atoms with van der Waals surface area (Å²) in [5, 5.41) is 10.4. The summed E-state index contributed by atoms with van der Waals surface area (Å²) in [5.41, 5.74) is 1.65. The molecule has 0 fully saturated rings. The Labute approximate surface area is 116 Å². The van der Waals surface area contributed by atoms with E-state index in [9.17, 15) is 0 Å². The Balaban J connectivity index is 2.91. The summed E-state index contributed by atoms with van der Waals surface area (Å²) in [6, 6.07) is 2.07. The highest BCUT2D eigenvalue weighted by atomic mass is 127. The van der Waals surface area contributed by atoms with Crippen molar-refractivity contribution in [2.45, 2.75) is 19.8 Å². The smallest absolute Gasteiger partial charge is 0.126 e. The van der Waals surface area contributed by atoms with E-state index >= 15 is 0 Å². The van der Waals surface area contributed by atoms with Crippen LogP contribution in [0.3, 0.4) is 0 Å². The van der Waals surface area contributed by atoms with Crippen molar-refractivity contribution in [3.05, 3.63) is 25.2 Å². The third kappa shape index (κ3) is 1.81. The van der Waals surface area contributed by atoms with Crippen molar-refractivity contribution in [3.63, 3.8) is 0 Å². The van der Waals surface area contributed by atoms with E-state index < -0.39 is 0 Å². The number of hydrogen-bond donors (Lipinski definition) is 0. The molecule has 0 amide bonds. The minimum atomic E-state index is 0.383. The minimum absolute atomic E-state index is 0.383. The third-order valence-corrected chi connectivity index (χ3v) is 4.88. The molecule has 2 heterocycles. The zero-order chi connectivity index (χ0) is 11.9. The van der Waals surface area contributed by atoms with Crippen LogP contribution in [-0.2, 0) is 0 Å². The van der Waals surface area contributed by atoms with Crippen LogP contribution in [0.4, 0.5) is 0 Å². The van der Waals surface area contributed by atoms with Gasteiger partial charge in [-0.3, -0.25) is 0 Å². The predicted molar refractivity (Wildman–Crippen MR) is 76.2 cm³/mol. The van der Waals surface area contributed by atoms with Gasteiger partial charge in [-0.05, 0) is 34.1 Å². The summed E-state index contributed by atoms with van der Waals surface area (Å²) in [6.45, 7) is 4.25. The molecule has 0 aliphatic rings. The zero-order valence-electron chi connectivity index (χ0n) is 8.71. The summed E-state index contributed by atoms with van der Waals surface area (Å²) < 4.78 is 1.20. The fraction of sp³-hybridized carbons (Fsp3) is 0.273.